The minimum Gasteiger partial charge on any atom is -0.352 e. The standard InChI is InChI=1S/C21H27N3O/c1-13-8-14(2)20-17(9-13)18(10-19(24-20)16-5-6-16)21(25)23-12-15-4-3-7-22-11-15/h8-10,15-16,22H,3-7,11-12H2,1-2H3,(H,23,25). The molecule has 4 rings (SSSR count). The number of pyridine rings is 1. The molecule has 0 bridgehead atoms. The second-order valence-electron chi connectivity index (χ2n) is 7.77. The highest BCUT2D eigenvalue weighted by molar-refractivity contribution is 6.07. The number of hydrogen-bond donors (Lipinski definition) is 2. The number of hydrogen-bond acceptors (Lipinski definition) is 3. The van der Waals surface area contributed by atoms with Crippen molar-refractivity contribution in [3.8, 4) is 0 Å². The van der Waals surface area contributed by atoms with Crippen LogP contribution in [0.1, 0.15) is 58.8 Å². The number of fused-ring (bicyclic) bond motifs is 1. The van der Waals surface area contributed by atoms with Crippen LogP contribution >= 0.6 is 0 Å². The van der Waals surface area contributed by atoms with Gasteiger partial charge < -0.3 is 10.6 Å². The quantitative estimate of drug-likeness (QED) is 0.898. The molecule has 1 saturated heterocycles. The van der Waals surface area contributed by atoms with E-state index >= 15 is 0 Å². The third-order valence-corrected chi connectivity index (χ3v) is 5.46. The van der Waals surface area contributed by atoms with Crippen molar-refractivity contribution in [2.75, 3.05) is 19.6 Å². The maximum atomic E-state index is 13.0. The summed E-state index contributed by atoms with van der Waals surface area (Å²) in [5, 5.41) is 7.58. The zero-order valence-electron chi connectivity index (χ0n) is 15.2. The van der Waals surface area contributed by atoms with E-state index < -0.39 is 0 Å². The fourth-order valence-corrected chi connectivity index (χ4v) is 3.91. The SMILES string of the molecule is Cc1cc(C)c2nc(C3CC3)cc(C(=O)NCC3CCCNC3)c2c1. The lowest BCUT2D eigenvalue weighted by atomic mass is 9.98. The molecule has 1 atom stereocenters. The van der Waals surface area contributed by atoms with Crippen LogP contribution in [0.15, 0.2) is 18.2 Å². The lowest BCUT2D eigenvalue weighted by Crippen LogP contribution is -2.38. The number of aryl methyl sites for hydroxylation is 2. The van der Waals surface area contributed by atoms with E-state index in [-0.39, 0.29) is 5.91 Å². The first-order valence-electron chi connectivity index (χ1n) is 9.52. The second kappa shape index (κ2) is 6.75. The van der Waals surface area contributed by atoms with Crippen LogP contribution in [0.5, 0.6) is 0 Å². The largest absolute Gasteiger partial charge is 0.352 e. The Morgan fingerprint density at radius 3 is 2.80 bits per heavy atom. The molecule has 2 fully saturated rings. The van der Waals surface area contributed by atoms with E-state index in [0.29, 0.717) is 11.8 Å². The Labute approximate surface area is 149 Å². The minimum absolute atomic E-state index is 0.0462. The van der Waals surface area contributed by atoms with Crippen molar-refractivity contribution >= 4 is 16.8 Å². The molecule has 2 aromatic rings. The summed E-state index contributed by atoms with van der Waals surface area (Å²) in [4.78, 5) is 17.8. The monoisotopic (exact) mass is 337 g/mol. The molecule has 132 valence electrons. The first-order chi connectivity index (χ1) is 12.1. The van der Waals surface area contributed by atoms with Gasteiger partial charge in [-0.1, -0.05) is 11.6 Å². The molecular formula is C21H27N3O. The Kier molecular flexibility index (Phi) is 4.46. The maximum Gasteiger partial charge on any atom is 0.252 e. The Balaban J connectivity index is 1.65. The van der Waals surface area contributed by atoms with E-state index in [9.17, 15) is 4.79 Å². The number of nitrogens with one attached hydrogen (secondary N) is 2. The highest BCUT2D eigenvalue weighted by Gasteiger charge is 2.27. The van der Waals surface area contributed by atoms with Gasteiger partial charge in [0.1, 0.15) is 0 Å². The highest BCUT2D eigenvalue weighted by Crippen LogP contribution is 2.40. The first kappa shape index (κ1) is 16.5. The number of benzene rings is 1. The lowest BCUT2D eigenvalue weighted by molar-refractivity contribution is 0.0946. The van der Waals surface area contributed by atoms with E-state index in [1.54, 1.807) is 0 Å². The molecule has 0 radical (unpaired) electrons. The van der Waals surface area contributed by atoms with Crippen molar-refractivity contribution in [1.82, 2.24) is 15.6 Å². The summed E-state index contributed by atoms with van der Waals surface area (Å²) < 4.78 is 0. The maximum absolute atomic E-state index is 13.0. The zero-order valence-corrected chi connectivity index (χ0v) is 15.2. The van der Waals surface area contributed by atoms with Gasteiger partial charge in [-0.05, 0) is 76.2 Å². The van der Waals surface area contributed by atoms with Crippen molar-refractivity contribution in [3.63, 3.8) is 0 Å². The van der Waals surface area contributed by atoms with E-state index in [1.807, 2.05) is 6.07 Å². The fraction of sp³-hybridized carbons (Fsp3) is 0.524. The second-order valence-corrected chi connectivity index (χ2v) is 7.77. The van der Waals surface area contributed by atoms with Gasteiger partial charge in [-0.15, -0.1) is 0 Å². The molecular weight excluding hydrogens is 310 g/mol. The summed E-state index contributed by atoms with van der Waals surface area (Å²) >= 11 is 0. The summed E-state index contributed by atoms with van der Waals surface area (Å²) in [5.74, 6) is 1.13. The normalized spacial score (nSPS) is 20.6. The van der Waals surface area contributed by atoms with E-state index in [4.69, 9.17) is 4.98 Å². The van der Waals surface area contributed by atoms with Crippen molar-refractivity contribution in [2.24, 2.45) is 5.92 Å². The van der Waals surface area contributed by atoms with Crippen LogP contribution in [-0.2, 0) is 0 Å². The van der Waals surface area contributed by atoms with Gasteiger partial charge >= 0.3 is 0 Å². The van der Waals surface area contributed by atoms with Gasteiger partial charge in [0.05, 0.1) is 11.1 Å². The van der Waals surface area contributed by atoms with Gasteiger partial charge in [-0.2, -0.15) is 0 Å². The van der Waals surface area contributed by atoms with E-state index in [1.165, 1.54) is 31.2 Å². The topological polar surface area (TPSA) is 54.0 Å². The molecule has 2 heterocycles. The molecule has 2 N–H and O–H groups in total. The Bertz CT molecular complexity index is 804. The van der Waals surface area contributed by atoms with E-state index in [0.717, 1.165) is 47.4 Å². The number of carbonyl (C=O) groups is 1. The van der Waals surface area contributed by atoms with Crippen LogP contribution < -0.4 is 10.6 Å². The highest BCUT2D eigenvalue weighted by atomic mass is 16.1. The number of nitrogens with zero attached hydrogens (tertiary/aromatic N) is 1. The summed E-state index contributed by atoms with van der Waals surface area (Å²) in [6.45, 7) is 7.02. The average molecular weight is 337 g/mol. The smallest absolute Gasteiger partial charge is 0.252 e. The van der Waals surface area contributed by atoms with Crippen LogP contribution in [0.2, 0.25) is 0 Å². The summed E-state index contributed by atoms with van der Waals surface area (Å²) in [6, 6.07) is 6.29. The van der Waals surface area contributed by atoms with Crippen LogP contribution in [0, 0.1) is 19.8 Å². The molecule has 4 nitrogen and oxygen atoms in total. The fourth-order valence-electron chi connectivity index (χ4n) is 3.91. The first-order valence-corrected chi connectivity index (χ1v) is 9.52. The van der Waals surface area contributed by atoms with E-state index in [2.05, 4.69) is 36.6 Å². The molecule has 0 spiro atoms. The van der Waals surface area contributed by atoms with Crippen molar-refractivity contribution in [2.45, 2.75) is 45.4 Å². The molecule has 1 aliphatic heterocycles. The predicted molar refractivity (Wildman–Crippen MR) is 101 cm³/mol. The molecule has 1 aromatic heterocycles. The molecule has 1 unspecified atom stereocenters. The molecule has 2 aliphatic rings. The summed E-state index contributed by atoms with van der Waals surface area (Å²) in [6.07, 6.45) is 4.77. The Morgan fingerprint density at radius 2 is 2.08 bits per heavy atom. The lowest BCUT2D eigenvalue weighted by Gasteiger charge is -2.23. The minimum atomic E-state index is 0.0462. The number of carbonyl (C=O) groups excluding carboxylic acids is 1. The summed E-state index contributed by atoms with van der Waals surface area (Å²) in [7, 11) is 0. The molecule has 25 heavy (non-hydrogen) atoms. The van der Waals surface area contributed by atoms with Crippen molar-refractivity contribution in [1.29, 1.82) is 0 Å². The van der Waals surface area contributed by atoms with Crippen molar-refractivity contribution in [3.05, 3.63) is 40.6 Å². The van der Waals surface area contributed by atoms with Gasteiger partial charge in [-0.25, -0.2) is 0 Å². The van der Waals surface area contributed by atoms with Crippen LogP contribution in [-0.4, -0.2) is 30.5 Å². The third kappa shape index (κ3) is 3.54. The number of piperidine rings is 1. The van der Waals surface area contributed by atoms with Gasteiger partial charge in [-0.3, -0.25) is 9.78 Å². The average Bonchev–Trinajstić information content (AvgIpc) is 3.45. The number of aromatic nitrogens is 1. The number of rotatable bonds is 4. The van der Waals surface area contributed by atoms with Crippen molar-refractivity contribution < 1.29 is 4.79 Å². The Hall–Kier alpha value is -1.94. The van der Waals surface area contributed by atoms with Crippen LogP contribution in [0.4, 0.5) is 0 Å². The van der Waals surface area contributed by atoms with Gasteiger partial charge in [0.25, 0.3) is 5.91 Å². The molecule has 1 amide bonds. The molecule has 1 aromatic carbocycles. The predicted octanol–water partition coefficient (Wildman–Crippen LogP) is 3.46. The van der Waals surface area contributed by atoms with Crippen LogP contribution in [0.3, 0.4) is 0 Å². The zero-order chi connectivity index (χ0) is 17.4. The third-order valence-electron chi connectivity index (χ3n) is 5.46. The Morgan fingerprint density at radius 1 is 1.24 bits per heavy atom. The summed E-state index contributed by atoms with van der Waals surface area (Å²) in [5.41, 5.74) is 5.20. The van der Waals surface area contributed by atoms with Gasteiger partial charge in [0.2, 0.25) is 0 Å². The number of amides is 1. The molecule has 1 saturated carbocycles. The van der Waals surface area contributed by atoms with Crippen LogP contribution in [0.25, 0.3) is 10.9 Å². The van der Waals surface area contributed by atoms with Gasteiger partial charge in [0, 0.05) is 23.5 Å². The molecule has 1 aliphatic carbocycles. The molecule has 4 heteroatoms. The van der Waals surface area contributed by atoms with Gasteiger partial charge in [0.15, 0.2) is 0 Å².